The second-order valence-electron chi connectivity index (χ2n) is 4.98. The molecule has 3 heterocycles. The van der Waals surface area contributed by atoms with Crippen molar-refractivity contribution in [3.8, 4) is 11.5 Å². The van der Waals surface area contributed by atoms with Gasteiger partial charge in [-0.2, -0.15) is 0 Å². The minimum absolute atomic E-state index is 0.275. The van der Waals surface area contributed by atoms with Gasteiger partial charge >= 0.3 is 0 Å². The van der Waals surface area contributed by atoms with Crippen molar-refractivity contribution in [2.75, 3.05) is 30.4 Å². The van der Waals surface area contributed by atoms with Crippen LogP contribution in [0.1, 0.15) is 6.92 Å². The highest BCUT2D eigenvalue weighted by Crippen LogP contribution is 2.23. The van der Waals surface area contributed by atoms with Gasteiger partial charge in [0.25, 0.3) is 0 Å². The number of nitrogens with two attached hydrogens (primary N) is 1. The van der Waals surface area contributed by atoms with Gasteiger partial charge in [0.1, 0.15) is 17.3 Å². The zero-order chi connectivity index (χ0) is 14.1. The quantitative estimate of drug-likeness (QED) is 0.867. The topological polar surface area (TPSA) is 82.1 Å². The Morgan fingerprint density at radius 2 is 2.25 bits per heavy atom. The molecule has 1 aliphatic rings. The lowest BCUT2D eigenvalue weighted by Crippen LogP contribution is -2.44. The normalized spacial score (nSPS) is 19.3. The van der Waals surface area contributed by atoms with Gasteiger partial charge in [0.15, 0.2) is 5.82 Å². The van der Waals surface area contributed by atoms with Crippen LogP contribution in [0, 0.1) is 0 Å². The minimum Gasteiger partial charge on any atom is -0.384 e. The van der Waals surface area contributed by atoms with E-state index in [9.17, 15) is 0 Å². The number of aryl methyl sites for hydroxylation is 1. The standard InChI is InChI=1S/C13H18N6O/c1-9-7-20-4-3-19(9)12-5-11(14)16-13(17-12)10-6-15-8-18(10)2/h5-6,8-9H,3-4,7H2,1-2H3,(H2,14,16,17). The fraction of sp³-hybridized carbons (Fsp3) is 0.462. The van der Waals surface area contributed by atoms with Gasteiger partial charge < -0.3 is 19.9 Å². The average Bonchev–Trinajstić information content (AvgIpc) is 2.85. The molecule has 2 aromatic rings. The van der Waals surface area contributed by atoms with Crippen LogP contribution >= 0.6 is 0 Å². The van der Waals surface area contributed by atoms with Crippen LogP contribution in [-0.2, 0) is 11.8 Å². The van der Waals surface area contributed by atoms with Crippen LogP contribution in [0.4, 0.5) is 11.6 Å². The molecule has 1 fully saturated rings. The van der Waals surface area contributed by atoms with Crippen molar-refractivity contribution in [2.45, 2.75) is 13.0 Å². The number of nitrogen functional groups attached to an aromatic ring is 1. The Balaban J connectivity index is 2.00. The number of hydrogen-bond donors (Lipinski definition) is 1. The van der Waals surface area contributed by atoms with Crippen molar-refractivity contribution in [1.29, 1.82) is 0 Å². The third kappa shape index (κ3) is 2.32. The Labute approximate surface area is 117 Å². The summed E-state index contributed by atoms with van der Waals surface area (Å²) in [5.41, 5.74) is 6.78. The molecular formula is C13H18N6O. The molecule has 0 aromatic carbocycles. The summed E-state index contributed by atoms with van der Waals surface area (Å²) in [7, 11) is 1.91. The summed E-state index contributed by atoms with van der Waals surface area (Å²) in [6.07, 6.45) is 3.46. The number of morpholine rings is 1. The average molecular weight is 274 g/mol. The van der Waals surface area contributed by atoms with Gasteiger partial charge in [-0.15, -0.1) is 0 Å². The maximum atomic E-state index is 5.93. The van der Waals surface area contributed by atoms with Crippen molar-refractivity contribution in [1.82, 2.24) is 19.5 Å². The predicted molar refractivity (Wildman–Crippen MR) is 76.3 cm³/mol. The fourth-order valence-electron chi connectivity index (χ4n) is 2.35. The molecule has 0 amide bonds. The molecule has 0 saturated carbocycles. The third-order valence-corrected chi connectivity index (χ3v) is 3.44. The van der Waals surface area contributed by atoms with Crippen molar-refractivity contribution in [2.24, 2.45) is 7.05 Å². The Bertz CT molecular complexity index is 611. The van der Waals surface area contributed by atoms with Crippen molar-refractivity contribution in [3.63, 3.8) is 0 Å². The van der Waals surface area contributed by atoms with Crippen LogP contribution < -0.4 is 10.6 Å². The van der Waals surface area contributed by atoms with E-state index in [0.29, 0.717) is 24.9 Å². The first-order chi connectivity index (χ1) is 9.65. The fourth-order valence-corrected chi connectivity index (χ4v) is 2.35. The van der Waals surface area contributed by atoms with Gasteiger partial charge in [0.05, 0.1) is 31.8 Å². The first kappa shape index (κ1) is 12.9. The van der Waals surface area contributed by atoms with Gasteiger partial charge in [-0.1, -0.05) is 0 Å². The summed E-state index contributed by atoms with van der Waals surface area (Å²) in [6.45, 7) is 4.32. The SMILES string of the molecule is CC1COCCN1c1cc(N)nc(-c2cncn2C)n1. The molecule has 0 aliphatic carbocycles. The van der Waals surface area contributed by atoms with Gasteiger partial charge in [-0.05, 0) is 6.92 Å². The molecule has 106 valence electrons. The number of imidazole rings is 1. The van der Waals surface area contributed by atoms with Crippen LogP contribution in [0.5, 0.6) is 0 Å². The van der Waals surface area contributed by atoms with Gasteiger partial charge in [0.2, 0.25) is 0 Å². The Hall–Kier alpha value is -2.15. The van der Waals surface area contributed by atoms with E-state index in [-0.39, 0.29) is 6.04 Å². The largest absolute Gasteiger partial charge is 0.384 e. The van der Waals surface area contributed by atoms with Gasteiger partial charge in [0, 0.05) is 19.7 Å². The number of hydrogen-bond acceptors (Lipinski definition) is 6. The van der Waals surface area contributed by atoms with E-state index in [4.69, 9.17) is 10.5 Å². The van der Waals surface area contributed by atoms with Gasteiger partial charge in [-0.3, -0.25) is 0 Å². The lowest BCUT2D eigenvalue weighted by atomic mass is 10.2. The maximum absolute atomic E-state index is 5.93. The van der Waals surface area contributed by atoms with E-state index in [0.717, 1.165) is 18.1 Å². The van der Waals surface area contributed by atoms with E-state index in [1.807, 2.05) is 17.7 Å². The molecule has 2 N–H and O–H groups in total. The third-order valence-electron chi connectivity index (χ3n) is 3.44. The summed E-state index contributed by atoms with van der Waals surface area (Å²) in [4.78, 5) is 15.2. The number of aromatic nitrogens is 4. The number of nitrogens with zero attached hydrogens (tertiary/aromatic N) is 5. The number of anilines is 2. The van der Waals surface area contributed by atoms with Crippen LogP contribution in [-0.4, -0.2) is 45.3 Å². The Morgan fingerprint density at radius 3 is 2.95 bits per heavy atom. The molecule has 7 nitrogen and oxygen atoms in total. The van der Waals surface area contributed by atoms with Crippen LogP contribution in [0.3, 0.4) is 0 Å². The molecule has 1 saturated heterocycles. The lowest BCUT2D eigenvalue weighted by molar-refractivity contribution is 0.0985. The molecule has 2 aromatic heterocycles. The first-order valence-corrected chi connectivity index (χ1v) is 6.61. The molecule has 0 spiro atoms. The highest BCUT2D eigenvalue weighted by atomic mass is 16.5. The van der Waals surface area contributed by atoms with Crippen LogP contribution in [0.2, 0.25) is 0 Å². The van der Waals surface area contributed by atoms with Crippen LogP contribution in [0.25, 0.3) is 11.5 Å². The molecule has 1 atom stereocenters. The summed E-state index contributed by atoms with van der Waals surface area (Å²) in [5.74, 6) is 1.90. The Kier molecular flexibility index (Phi) is 3.27. The lowest BCUT2D eigenvalue weighted by Gasteiger charge is -2.34. The van der Waals surface area contributed by atoms with Crippen LogP contribution in [0.15, 0.2) is 18.6 Å². The molecule has 0 bridgehead atoms. The zero-order valence-corrected chi connectivity index (χ0v) is 11.7. The first-order valence-electron chi connectivity index (χ1n) is 6.61. The van der Waals surface area contributed by atoms with Crippen molar-refractivity contribution < 1.29 is 4.74 Å². The van der Waals surface area contributed by atoms with E-state index in [1.165, 1.54) is 0 Å². The second kappa shape index (κ2) is 5.09. The van der Waals surface area contributed by atoms with Crippen molar-refractivity contribution in [3.05, 3.63) is 18.6 Å². The maximum Gasteiger partial charge on any atom is 0.181 e. The molecule has 3 rings (SSSR count). The van der Waals surface area contributed by atoms with E-state index in [1.54, 1.807) is 12.5 Å². The molecule has 1 aliphatic heterocycles. The van der Waals surface area contributed by atoms with Gasteiger partial charge in [-0.25, -0.2) is 15.0 Å². The second-order valence-corrected chi connectivity index (χ2v) is 4.98. The molecule has 0 radical (unpaired) electrons. The summed E-state index contributed by atoms with van der Waals surface area (Å²) < 4.78 is 7.33. The summed E-state index contributed by atoms with van der Waals surface area (Å²) in [6, 6.07) is 2.08. The molecule has 20 heavy (non-hydrogen) atoms. The summed E-state index contributed by atoms with van der Waals surface area (Å²) in [5, 5.41) is 0. The summed E-state index contributed by atoms with van der Waals surface area (Å²) >= 11 is 0. The minimum atomic E-state index is 0.275. The molecule has 1 unspecified atom stereocenters. The number of ether oxygens (including phenoxy) is 1. The van der Waals surface area contributed by atoms with E-state index >= 15 is 0 Å². The highest BCUT2D eigenvalue weighted by Gasteiger charge is 2.21. The molecular weight excluding hydrogens is 256 g/mol. The Morgan fingerprint density at radius 1 is 1.40 bits per heavy atom. The predicted octanol–water partition coefficient (Wildman–Crippen LogP) is 0.684. The smallest absolute Gasteiger partial charge is 0.181 e. The zero-order valence-electron chi connectivity index (χ0n) is 11.7. The monoisotopic (exact) mass is 274 g/mol. The number of rotatable bonds is 2. The van der Waals surface area contributed by atoms with E-state index in [2.05, 4.69) is 26.8 Å². The van der Waals surface area contributed by atoms with E-state index < -0.39 is 0 Å². The highest BCUT2D eigenvalue weighted by molar-refractivity contribution is 5.58. The molecule has 7 heteroatoms. The van der Waals surface area contributed by atoms with Crippen molar-refractivity contribution >= 4 is 11.6 Å².